The number of hydrogen-bond acceptors (Lipinski definition) is 3. The fraction of sp³-hybridized carbons (Fsp3) is 0.381. The number of hydrogen-bond donors (Lipinski definition) is 2. The number of halogens is 4. The van der Waals surface area contributed by atoms with E-state index >= 15 is 0 Å². The van der Waals surface area contributed by atoms with Gasteiger partial charge in [0.05, 0.1) is 10.6 Å². The van der Waals surface area contributed by atoms with Crippen molar-refractivity contribution >= 4 is 69.6 Å². The van der Waals surface area contributed by atoms with Crippen molar-refractivity contribution in [2.45, 2.75) is 28.8 Å². The Balaban J connectivity index is 1.48. The van der Waals surface area contributed by atoms with Crippen LogP contribution in [0.15, 0.2) is 47.3 Å². The number of piperidine rings is 1. The Kier molecular flexibility index (Phi) is 6.94. The number of carbonyl (C=O) groups excluding carboxylic acids is 1. The first-order valence-corrected chi connectivity index (χ1v) is 11.9. The standard InChI is InChI=1S/C21H20Cl4N4O2S/c22-15-5-2-1-4-14(15)18(31)26-19(21(23,24)25)27-20(32)28-9-12-8-13(11-28)16-6-3-7-17(30)29(16)10-12/h1-7,12-13,19H,8-11H2,(H,26,31)(H,27,32)/t12-,13+,19?/m1/s1. The molecule has 3 atom stereocenters. The van der Waals surface area contributed by atoms with Gasteiger partial charge in [0.15, 0.2) is 5.11 Å². The van der Waals surface area contributed by atoms with Crippen LogP contribution in [0, 0.1) is 5.92 Å². The Hall–Kier alpha value is -1.51. The van der Waals surface area contributed by atoms with Gasteiger partial charge in [-0.25, -0.2) is 0 Å². The van der Waals surface area contributed by atoms with E-state index in [1.165, 1.54) is 0 Å². The summed E-state index contributed by atoms with van der Waals surface area (Å²) in [5.74, 6) is -0.0591. The van der Waals surface area contributed by atoms with Gasteiger partial charge in [0.25, 0.3) is 11.5 Å². The van der Waals surface area contributed by atoms with Crippen molar-refractivity contribution in [2.24, 2.45) is 5.92 Å². The van der Waals surface area contributed by atoms with E-state index in [0.29, 0.717) is 24.7 Å². The number of benzene rings is 1. The van der Waals surface area contributed by atoms with Crippen LogP contribution in [0.1, 0.15) is 28.4 Å². The maximum absolute atomic E-state index is 12.7. The molecule has 1 saturated heterocycles. The number of carbonyl (C=O) groups is 1. The lowest BCUT2D eigenvalue weighted by molar-refractivity contribution is 0.0933. The number of thiocarbonyl (C=S) groups is 1. The minimum atomic E-state index is -1.87. The topological polar surface area (TPSA) is 66.4 Å². The van der Waals surface area contributed by atoms with Gasteiger partial charge in [-0.2, -0.15) is 0 Å². The lowest BCUT2D eigenvalue weighted by Crippen LogP contribution is -2.60. The maximum atomic E-state index is 12.7. The van der Waals surface area contributed by atoms with Crippen LogP contribution in [0.3, 0.4) is 0 Å². The molecule has 2 aliphatic heterocycles. The van der Waals surface area contributed by atoms with E-state index in [4.69, 9.17) is 58.6 Å². The predicted octanol–water partition coefficient (Wildman–Crippen LogP) is 3.92. The Labute approximate surface area is 210 Å². The number of amides is 1. The van der Waals surface area contributed by atoms with Crippen LogP contribution >= 0.6 is 58.6 Å². The maximum Gasteiger partial charge on any atom is 0.254 e. The average Bonchev–Trinajstić information content (AvgIpc) is 2.73. The minimum Gasteiger partial charge on any atom is -0.348 e. The molecule has 0 aliphatic carbocycles. The molecular formula is C21H20Cl4N4O2S. The van der Waals surface area contributed by atoms with Crippen LogP contribution in [0.4, 0.5) is 0 Å². The van der Waals surface area contributed by atoms with Crippen LogP contribution in [0.25, 0.3) is 0 Å². The molecule has 1 aromatic carbocycles. The predicted molar refractivity (Wildman–Crippen MR) is 132 cm³/mol. The third-order valence-electron chi connectivity index (χ3n) is 5.76. The first kappa shape index (κ1) is 23.6. The molecule has 32 heavy (non-hydrogen) atoms. The number of pyridine rings is 1. The van der Waals surface area contributed by atoms with Crippen molar-refractivity contribution in [3.05, 3.63) is 69.1 Å². The summed E-state index contributed by atoms with van der Waals surface area (Å²) in [5.41, 5.74) is 1.28. The van der Waals surface area contributed by atoms with Crippen molar-refractivity contribution < 1.29 is 4.79 Å². The summed E-state index contributed by atoms with van der Waals surface area (Å²) < 4.78 is -0.0207. The molecule has 1 fully saturated rings. The number of rotatable bonds is 3. The molecule has 1 unspecified atom stereocenters. The third kappa shape index (κ3) is 5.02. The summed E-state index contributed by atoms with van der Waals surface area (Å²) in [6.45, 7) is 1.92. The number of aromatic nitrogens is 1. The van der Waals surface area contributed by atoms with Gasteiger partial charge in [0.2, 0.25) is 3.79 Å². The Bertz CT molecular complexity index is 1100. The SMILES string of the molecule is O=C(NC(NC(=S)N1C[C@H]2C[C@@H](C1)c1cccc(=O)n1C2)C(Cl)(Cl)Cl)c1ccccc1Cl. The molecule has 6 nitrogen and oxygen atoms in total. The number of nitrogens with one attached hydrogen (secondary N) is 2. The van der Waals surface area contributed by atoms with Gasteiger partial charge >= 0.3 is 0 Å². The highest BCUT2D eigenvalue weighted by Crippen LogP contribution is 2.35. The summed E-state index contributed by atoms with van der Waals surface area (Å²) >= 11 is 30.1. The van der Waals surface area contributed by atoms with E-state index in [1.54, 1.807) is 36.4 Å². The minimum absolute atomic E-state index is 0.0184. The van der Waals surface area contributed by atoms with Gasteiger partial charge in [0, 0.05) is 37.3 Å². The number of likely N-dealkylation sites (tertiary alicyclic amines) is 1. The molecular weight excluding hydrogens is 514 g/mol. The number of alkyl halides is 3. The van der Waals surface area contributed by atoms with Gasteiger partial charge in [-0.05, 0) is 42.8 Å². The van der Waals surface area contributed by atoms with Crippen LogP contribution in [0.5, 0.6) is 0 Å². The molecule has 2 aliphatic rings. The van der Waals surface area contributed by atoms with Crippen molar-refractivity contribution in [3.8, 4) is 0 Å². The molecule has 1 aromatic heterocycles. The van der Waals surface area contributed by atoms with E-state index < -0.39 is 15.9 Å². The van der Waals surface area contributed by atoms with E-state index in [-0.39, 0.29) is 28.0 Å². The van der Waals surface area contributed by atoms with Crippen molar-refractivity contribution in [3.63, 3.8) is 0 Å². The molecule has 0 saturated carbocycles. The fourth-order valence-corrected chi connectivity index (χ4v) is 5.15. The highest BCUT2D eigenvalue weighted by atomic mass is 35.6. The first-order valence-electron chi connectivity index (χ1n) is 10.0. The molecule has 2 aromatic rings. The van der Waals surface area contributed by atoms with Crippen LogP contribution < -0.4 is 16.2 Å². The van der Waals surface area contributed by atoms with Crippen LogP contribution in [0.2, 0.25) is 5.02 Å². The smallest absolute Gasteiger partial charge is 0.254 e. The van der Waals surface area contributed by atoms with Gasteiger partial charge in [-0.15, -0.1) is 0 Å². The molecule has 1 amide bonds. The lowest BCUT2D eigenvalue weighted by atomic mass is 9.83. The lowest BCUT2D eigenvalue weighted by Gasteiger charge is -2.44. The molecule has 0 spiro atoms. The molecule has 3 heterocycles. The highest BCUT2D eigenvalue weighted by Gasteiger charge is 2.39. The summed E-state index contributed by atoms with van der Waals surface area (Å²) in [6, 6.07) is 12.0. The molecule has 11 heteroatoms. The summed E-state index contributed by atoms with van der Waals surface area (Å²) in [4.78, 5) is 26.9. The monoisotopic (exact) mass is 532 g/mol. The molecule has 2 bridgehead atoms. The summed E-state index contributed by atoms with van der Waals surface area (Å²) in [7, 11) is 0. The van der Waals surface area contributed by atoms with E-state index in [2.05, 4.69) is 10.6 Å². The van der Waals surface area contributed by atoms with E-state index in [1.807, 2.05) is 15.5 Å². The second-order valence-corrected chi connectivity index (χ2v) is 11.1. The Morgan fingerprint density at radius 3 is 2.53 bits per heavy atom. The zero-order chi connectivity index (χ0) is 23.0. The largest absolute Gasteiger partial charge is 0.348 e. The number of fused-ring (bicyclic) bond motifs is 4. The summed E-state index contributed by atoms with van der Waals surface area (Å²) in [6.07, 6.45) is -0.0971. The van der Waals surface area contributed by atoms with Gasteiger partial charge in [-0.3, -0.25) is 9.59 Å². The molecule has 170 valence electrons. The second kappa shape index (κ2) is 9.39. The Morgan fingerprint density at radius 2 is 1.81 bits per heavy atom. The third-order valence-corrected chi connectivity index (χ3v) is 7.12. The van der Waals surface area contributed by atoms with Crippen LogP contribution in [-0.2, 0) is 6.54 Å². The average molecular weight is 534 g/mol. The normalized spacial score (nSPS) is 20.8. The van der Waals surface area contributed by atoms with Gasteiger partial charge in [0.1, 0.15) is 6.17 Å². The van der Waals surface area contributed by atoms with Crippen molar-refractivity contribution in [1.82, 2.24) is 20.1 Å². The van der Waals surface area contributed by atoms with Gasteiger partial charge < -0.3 is 20.1 Å². The number of nitrogens with zero attached hydrogens (tertiary/aromatic N) is 2. The van der Waals surface area contributed by atoms with Crippen molar-refractivity contribution in [1.29, 1.82) is 0 Å². The van der Waals surface area contributed by atoms with Crippen LogP contribution in [-0.4, -0.2) is 43.5 Å². The second-order valence-electron chi connectivity index (χ2n) is 7.98. The molecule has 4 rings (SSSR count). The van der Waals surface area contributed by atoms with Crippen molar-refractivity contribution in [2.75, 3.05) is 13.1 Å². The first-order chi connectivity index (χ1) is 15.1. The molecule has 2 N–H and O–H groups in total. The van der Waals surface area contributed by atoms with E-state index in [0.717, 1.165) is 12.1 Å². The zero-order valence-corrected chi connectivity index (χ0v) is 20.6. The summed E-state index contributed by atoms with van der Waals surface area (Å²) in [5, 5.41) is 6.31. The highest BCUT2D eigenvalue weighted by molar-refractivity contribution is 7.80. The Morgan fingerprint density at radius 1 is 1.06 bits per heavy atom. The van der Waals surface area contributed by atoms with Gasteiger partial charge in [-0.1, -0.05) is 64.6 Å². The fourth-order valence-electron chi connectivity index (χ4n) is 4.33. The quantitative estimate of drug-likeness (QED) is 0.355. The zero-order valence-electron chi connectivity index (χ0n) is 16.7. The molecule has 0 radical (unpaired) electrons. The van der Waals surface area contributed by atoms with E-state index in [9.17, 15) is 9.59 Å².